The topological polar surface area (TPSA) is 55.1 Å². The van der Waals surface area contributed by atoms with Crippen LogP contribution in [-0.4, -0.2) is 20.9 Å². The number of aromatic nitrogens is 2. The molecule has 94 valence electrons. The highest BCUT2D eigenvalue weighted by molar-refractivity contribution is 9.10. The summed E-state index contributed by atoms with van der Waals surface area (Å²) in [5.41, 5.74) is 1.48. The summed E-state index contributed by atoms with van der Waals surface area (Å²) < 4.78 is 2.48. The van der Waals surface area contributed by atoms with E-state index in [0.29, 0.717) is 12.2 Å². The second-order valence-electron chi connectivity index (χ2n) is 3.84. The minimum absolute atomic E-state index is 0.0637. The Bertz CT molecular complexity index is 593. The molecule has 0 amide bonds. The van der Waals surface area contributed by atoms with Gasteiger partial charge in [-0.15, -0.1) is 0 Å². The van der Waals surface area contributed by atoms with Crippen molar-refractivity contribution in [2.75, 3.05) is 0 Å². The molecule has 0 aliphatic heterocycles. The van der Waals surface area contributed by atoms with Crippen LogP contribution < -0.4 is 0 Å². The number of rotatable bonds is 3. The predicted octanol–water partition coefficient (Wildman–Crippen LogP) is 3.35. The number of carboxylic acids is 1. The molecule has 6 heteroatoms. The van der Waals surface area contributed by atoms with Gasteiger partial charge < -0.3 is 5.11 Å². The van der Waals surface area contributed by atoms with Crippen molar-refractivity contribution >= 4 is 33.5 Å². The molecular weight excluding hydrogens is 320 g/mol. The van der Waals surface area contributed by atoms with Crippen molar-refractivity contribution in [1.82, 2.24) is 9.78 Å². The van der Waals surface area contributed by atoms with Crippen molar-refractivity contribution in [3.63, 3.8) is 0 Å². The van der Waals surface area contributed by atoms with E-state index in [2.05, 4.69) is 21.0 Å². The summed E-state index contributed by atoms with van der Waals surface area (Å²) in [5, 5.41) is 13.3. The van der Waals surface area contributed by atoms with Gasteiger partial charge in [-0.25, -0.2) is 9.48 Å². The molecule has 2 rings (SSSR count). The molecule has 1 aromatic heterocycles. The van der Waals surface area contributed by atoms with Crippen LogP contribution in [0.4, 0.5) is 0 Å². The van der Waals surface area contributed by atoms with Crippen molar-refractivity contribution in [1.29, 1.82) is 0 Å². The van der Waals surface area contributed by atoms with E-state index in [9.17, 15) is 4.79 Å². The molecule has 0 unspecified atom stereocenters. The first-order valence-electron chi connectivity index (χ1n) is 5.19. The normalized spacial score (nSPS) is 10.6. The Hall–Kier alpha value is -1.33. The van der Waals surface area contributed by atoms with Gasteiger partial charge in [0.05, 0.1) is 12.2 Å². The third-order valence-corrected chi connectivity index (χ3v) is 3.44. The van der Waals surface area contributed by atoms with Crippen molar-refractivity contribution in [2.24, 2.45) is 0 Å². The molecule has 4 nitrogen and oxygen atoms in total. The summed E-state index contributed by atoms with van der Waals surface area (Å²) >= 11 is 9.37. The van der Waals surface area contributed by atoms with E-state index in [-0.39, 0.29) is 10.7 Å². The van der Waals surface area contributed by atoms with Crippen LogP contribution in [0.5, 0.6) is 0 Å². The van der Waals surface area contributed by atoms with Crippen molar-refractivity contribution < 1.29 is 9.90 Å². The summed E-state index contributed by atoms with van der Waals surface area (Å²) in [6.07, 6.45) is 0. The highest BCUT2D eigenvalue weighted by Gasteiger charge is 2.19. The Labute approximate surface area is 117 Å². The zero-order chi connectivity index (χ0) is 13.3. The zero-order valence-corrected chi connectivity index (χ0v) is 11.9. The molecule has 0 aliphatic carbocycles. The Morgan fingerprint density at radius 2 is 2.06 bits per heavy atom. The number of carboxylic acid groups (broad SMARTS) is 1. The molecule has 0 atom stereocenters. The van der Waals surface area contributed by atoms with Crippen LogP contribution in [0.25, 0.3) is 0 Å². The summed E-state index contributed by atoms with van der Waals surface area (Å²) in [6.45, 7) is 2.08. The minimum atomic E-state index is -1.06. The highest BCUT2D eigenvalue weighted by atomic mass is 79.9. The van der Waals surface area contributed by atoms with Crippen LogP contribution in [0.1, 0.15) is 21.6 Å². The zero-order valence-electron chi connectivity index (χ0n) is 9.52. The first kappa shape index (κ1) is 13.1. The third-order valence-electron chi connectivity index (χ3n) is 2.52. The Kier molecular flexibility index (Phi) is 3.73. The Morgan fingerprint density at radius 3 is 2.56 bits per heavy atom. The van der Waals surface area contributed by atoms with Crippen LogP contribution in [0, 0.1) is 6.92 Å². The molecule has 0 aliphatic rings. The van der Waals surface area contributed by atoms with Crippen molar-refractivity contribution in [3.05, 3.63) is 50.7 Å². The molecule has 0 fully saturated rings. The molecule has 0 bridgehead atoms. The molecule has 0 spiro atoms. The van der Waals surface area contributed by atoms with Gasteiger partial charge in [0.15, 0.2) is 0 Å². The minimum Gasteiger partial charge on any atom is -0.478 e. The van der Waals surface area contributed by atoms with Gasteiger partial charge in [-0.05, 0) is 24.6 Å². The first-order chi connectivity index (χ1) is 8.49. The molecule has 0 saturated carbocycles. The number of hydrogen-bond donors (Lipinski definition) is 1. The fourth-order valence-electron chi connectivity index (χ4n) is 1.66. The van der Waals surface area contributed by atoms with E-state index >= 15 is 0 Å². The monoisotopic (exact) mass is 328 g/mol. The van der Waals surface area contributed by atoms with E-state index in [1.54, 1.807) is 6.92 Å². The predicted molar refractivity (Wildman–Crippen MR) is 72.2 cm³/mol. The number of aromatic carboxylic acids is 1. The van der Waals surface area contributed by atoms with Crippen LogP contribution in [0.3, 0.4) is 0 Å². The molecule has 0 radical (unpaired) electrons. The van der Waals surface area contributed by atoms with Crippen LogP contribution in [-0.2, 0) is 6.54 Å². The number of nitrogens with zero attached hydrogens (tertiary/aromatic N) is 2. The first-order valence-corrected chi connectivity index (χ1v) is 6.37. The Morgan fingerprint density at radius 1 is 1.44 bits per heavy atom. The summed E-state index contributed by atoms with van der Waals surface area (Å²) in [6, 6.07) is 7.69. The highest BCUT2D eigenvalue weighted by Crippen LogP contribution is 2.21. The maximum absolute atomic E-state index is 11.0. The van der Waals surface area contributed by atoms with E-state index in [1.165, 1.54) is 4.68 Å². The van der Waals surface area contributed by atoms with Gasteiger partial charge in [0.25, 0.3) is 0 Å². The van der Waals surface area contributed by atoms with Gasteiger partial charge in [0.1, 0.15) is 10.7 Å². The van der Waals surface area contributed by atoms with Gasteiger partial charge in [-0.3, -0.25) is 0 Å². The summed E-state index contributed by atoms with van der Waals surface area (Å²) in [4.78, 5) is 11.0. The maximum atomic E-state index is 11.0. The molecule has 1 aromatic carbocycles. The summed E-state index contributed by atoms with van der Waals surface area (Å²) in [5.74, 6) is -1.06. The van der Waals surface area contributed by atoms with Crippen LogP contribution in [0.15, 0.2) is 28.7 Å². The van der Waals surface area contributed by atoms with E-state index < -0.39 is 5.97 Å². The van der Waals surface area contributed by atoms with E-state index in [4.69, 9.17) is 16.7 Å². The fraction of sp³-hybridized carbons (Fsp3) is 0.167. The average Bonchev–Trinajstić information content (AvgIpc) is 2.57. The quantitative estimate of drug-likeness (QED) is 0.939. The molecule has 1 heterocycles. The van der Waals surface area contributed by atoms with Crippen molar-refractivity contribution in [2.45, 2.75) is 13.5 Å². The number of benzene rings is 1. The number of halogens is 2. The SMILES string of the molecule is Cc1nn(Cc2ccc(Br)cc2)c(Cl)c1C(=O)O. The largest absolute Gasteiger partial charge is 0.478 e. The lowest BCUT2D eigenvalue weighted by molar-refractivity contribution is 0.0696. The van der Waals surface area contributed by atoms with Gasteiger partial charge in [0, 0.05) is 4.47 Å². The van der Waals surface area contributed by atoms with E-state index in [1.807, 2.05) is 24.3 Å². The van der Waals surface area contributed by atoms with Gasteiger partial charge >= 0.3 is 5.97 Å². The lowest BCUT2D eigenvalue weighted by Gasteiger charge is -2.03. The standard InChI is InChI=1S/C12H10BrClN2O2/c1-7-10(12(17)18)11(14)16(15-7)6-8-2-4-9(13)5-3-8/h2-5H,6H2,1H3,(H,17,18). The van der Waals surface area contributed by atoms with Crippen LogP contribution in [0.2, 0.25) is 5.15 Å². The Balaban J connectivity index is 2.33. The lowest BCUT2D eigenvalue weighted by Crippen LogP contribution is -2.03. The fourth-order valence-corrected chi connectivity index (χ4v) is 2.24. The number of hydrogen-bond acceptors (Lipinski definition) is 2. The van der Waals surface area contributed by atoms with E-state index in [0.717, 1.165) is 10.0 Å². The van der Waals surface area contributed by atoms with Gasteiger partial charge in [-0.2, -0.15) is 5.10 Å². The van der Waals surface area contributed by atoms with Gasteiger partial charge in [0.2, 0.25) is 0 Å². The van der Waals surface area contributed by atoms with Crippen LogP contribution >= 0.6 is 27.5 Å². The average molecular weight is 330 g/mol. The molecule has 2 aromatic rings. The molecule has 18 heavy (non-hydrogen) atoms. The molecular formula is C12H10BrClN2O2. The van der Waals surface area contributed by atoms with Crippen molar-refractivity contribution in [3.8, 4) is 0 Å². The number of carbonyl (C=O) groups is 1. The van der Waals surface area contributed by atoms with Gasteiger partial charge in [-0.1, -0.05) is 39.7 Å². The number of aryl methyl sites for hydroxylation is 1. The smallest absolute Gasteiger partial charge is 0.340 e. The lowest BCUT2D eigenvalue weighted by atomic mass is 10.2. The summed E-state index contributed by atoms with van der Waals surface area (Å²) in [7, 11) is 0. The molecule has 0 saturated heterocycles. The third kappa shape index (κ3) is 2.57. The second-order valence-corrected chi connectivity index (χ2v) is 5.11. The second kappa shape index (κ2) is 5.12. The maximum Gasteiger partial charge on any atom is 0.340 e. The molecule has 1 N–H and O–H groups in total.